The molecule has 1 N–H and O–H groups in total. The lowest BCUT2D eigenvalue weighted by atomic mass is 10.2. The van der Waals surface area contributed by atoms with Gasteiger partial charge in [0.2, 0.25) is 5.88 Å². The Morgan fingerprint density at radius 2 is 2.15 bits per heavy atom. The van der Waals surface area contributed by atoms with Gasteiger partial charge in [0.05, 0.1) is 18.8 Å². The molecule has 0 unspecified atom stereocenters. The molecular formula is C16H16ClF3N4O2. The number of allylic oxidation sites excluding steroid dienone is 2. The molecule has 0 atom stereocenters. The van der Waals surface area contributed by atoms with E-state index < -0.39 is 12.8 Å². The second-order valence-corrected chi connectivity index (χ2v) is 6.38. The Kier molecular flexibility index (Phi) is 4.74. The van der Waals surface area contributed by atoms with Crippen LogP contribution in [0.15, 0.2) is 35.5 Å². The number of pyridine rings is 1. The van der Waals surface area contributed by atoms with E-state index in [1.807, 2.05) is 0 Å². The van der Waals surface area contributed by atoms with Crippen molar-refractivity contribution in [3.63, 3.8) is 0 Å². The molecule has 1 amide bonds. The van der Waals surface area contributed by atoms with E-state index in [1.165, 1.54) is 11.2 Å². The van der Waals surface area contributed by atoms with Gasteiger partial charge in [0.1, 0.15) is 5.15 Å². The molecule has 6 nitrogen and oxygen atoms in total. The van der Waals surface area contributed by atoms with Gasteiger partial charge in [0.15, 0.2) is 6.61 Å². The number of halogens is 4. The van der Waals surface area contributed by atoms with Crippen LogP contribution in [0.5, 0.6) is 0 Å². The first-order valence-corrected chi connectivity index (χ1v) is 8.07. The van der Waals surface area contributed by atoms with Crippen LogP contribution in [0.4, 0.5) is 13.2 Å². The smallest absolute Gasteiger partial charge is 0.422 e. The monoisotopic (exact) mass is 388 g/mol. The maximum Gasteiger partial charge on any atom is 0.422 e. The number of hydrogen-bond acceptors (Lipinski definition) is 5. The average Bonchev–Trinajstić information content (AvgIpc) is 2.84. The van der Waals surface area contributed by atoms with Gasteiger partial charge in [-0.3, -0.25) is 15.2 Å². The summed E-state index contributed by atoms with van der Waals surface area (Å²) >= 11 is 6.04. The molecule has 0 bridgehead atoms. The van der Waals surface area contributed by atoms with Gasteiger partial charge in [0.25, 0.3) is 5.91 Å². The van der Waals surface area contributed by atoms with Crippen LogP contribution in [0, 0.1) is 0 Å². The number of nitrogens with one attached hydrogen (secondary N) is 1. The van der Waals surface area contributed by atoms with Gasteiger partial charge >= 0.3 is 6.18 Å². The van der Waals surface area contributed by atoms with E-state index >= 15 is 0 Å². The second-order valence-electron chi connectivity index (χ2n) is 6.02. The molecule has 140 valence electrons. The SMILES string of the molecule is CC1=C(OCC(F)(F)F)N(C)NC(CN2Cc3c(ccnc3Cl)C2=O)=C1. The van der Waals surface area contributed by atoms with E-state index in [9.17, 15) is 18.0 Å². The molecule has 26 heavy (non-hydrogen) atoms. The zero-order valence-corrected chi connectivity index (χ0v) is 14.8. The minimum Gasteiger partial charge on any atom is -0.468 e. The summed E-state index contributed by atoms with van der Waals surface area (Å²) in [5, 5.41) is 1.65. The number of carbonyl (C=O) groups is 1. The molecule has 0 saturated heterocycles. The first-order chi connectivity index (χ1) is 12.2. The summed E-state index contributed by atoms with van der Waals surface area (Å²) in [7, 11) is 1.55. The quantitative estimate of drug-likeness (QED) is 0.804. The summed E-state index contributed by atoms with van der Waals surface area (Å²) in [4.78, 5) is 18.0. The van der Waals surface area contributed by atoms with Crippen molar-refractivity contribution >= 4 is 17.5 Å². The Morgan fingerprint density at radius 3 is 2.77 bits per heavy atom. The Morgan fingerprint density at radius 1 is 1.42 bits per heavy atom. The lowest BCUT2D eigenvalue weighted by Crippen LogP contribution is -2.42. The fourth-order valence-corrected chi connectivity index (χ4v) is 3.13. The van der Waals surface area contributed by atoms with E-state index in [2.05, 4.69) is 10.4 Å². The molecule has 0 aliphatic carbocycles. The van der Waals surface area contributed by atoms with Crippen LogP contribution in [0.25, 0.3) is 0 Å². The van der Waals surface area contributed by atoms with Crippen molar-refractivity contribution in [2.45, 2.75) is 19.6 Å². The third-order valence-electron chi connectivity index (χ3n) is 3.95. The molecule has 0 saturated carbocycles. The van der Waals surface area contributed by atoms with E-state index in [-0.39, 0.29) is 18.3 Å². The third-order valence-corrected chi connectivity index (χ3v) is 4.27. The highest BCUT2D eigenvalue weighted by molar-refractivity contribution is 6.30. The molecular weight excluding hydrogens is 373 g/mol. The number of alkyl halides is 3. The normalized spacial score (nSPS) is 17.3. The van der Waals surface area contributed by atoms with Crippen molar-refractivity contribution in [2.75, 3.05) is 20.2 Å². The lowest BCUT2D eigenvalue weighted by molar-refractivity contribution is -0.170. The lowest BCUT2D eigenvalue weighted by Gasteiger charge is -2.32. The predicted molar refractivity (Wildman–Crippen MR) is 87.7 cm³/mol. The van der Waals surface area contributed by atoms with Crippen LogP contribution in [0.3, 0.4) is 0 Å². The minimum absolute atomic E-state index is 0.0781. The van der Waals surface area contributed by atoms with Crippen LogP contribution in [0.2, 0.25) is 5.15 Å². The highest BCUT2D eigenvalue weighted by Crippen LogP contribution is 2.29. The molecule has 1 aromatic heterocycles. The number of carbonyl (C=O) groups excluding carboxylic acids is 1. The standard InChI is InChI=1S/C16H16ClF3N4O2/c1-9-5-10(22-23(2)15(9)26-8-16(18,19)20)6-24-7-12-11(14(24)25)3-4-21-13(12)17/h3-5,22H,6-8H2,1-2H3. The van der Waals surface area contributed by atoms with Crippen molar-refractivity contribution < 1.29 is 22.7 Å². The van der Waals surface area contributed by atoms with Gasteiger partial charge in [-0.15, -0.1) is 0 Å². The molecule has 3 rings (SSSR count). The molecule has 0 aromatic carbocycles. The number of rotatable bonds is 4. The van der Waals surface area contributed by atoms with Crippen LogP contribution in [-0.2, 0) is 11.3 Å². The van der Waals surface area contributed by atoms with Gasteiger partial charge in [-0.1, -0.05) is 11.6 Å². The Labute approximate surface area is 152 Å². The van der Waals surface area contributed by atoms with Gasteiger partial charge < -0.3 is 9.64 Å². The second kappa shape index (κ2) is 6.71. The van der Waals surface area contributed by atoms with Gasteiger partial charge in [0, 0.05) is 29.9 Å². The van der Waals surface area contributed by atoms with Crippen LogP contribution < -0.4 is 5.43 Å². The average molecular weight is 389 g/mol. The number of hydrogen-bond donors (Lipinski definition) is 1. The van der Waals surface area contributed by atoms with Crippen LogP contribution >= 0.6 is 11.6 Å². The van der Waals surface area contributed by atoms with E-state index in [1.54, 1.807) is 31.0 Å². The highest BCUT2D eigenvalue weighted by Gasteiger charge is 2.32. The summed E-state index contributed by atoms with van der Waals surface area (Å²) in [6.45, 7) is 0.840. The van der Waals surface area contributed by atoms with Crippen molar-refractivity contribution in [1.29, 1.82) is 0 Å². The molecule has 3 heterocycles. The highest BCUT2D eigenvalue weighted by atomic mass is 35.5. The summed E-state index contributed by atoms with van der Waals surface area (Å²) in [6, 6.07) is 1.62. The fraction of sp³-hybridized carbons (Fsp3) is 0.375. The summed E-state index contributed by atoms with van der Waals surface area (Å²) in [6.07, 6.45) is -1.29. The topological polar surface area (TPSA) is 57.7 Å². The van der Waals surface area contributed by atoms with Gasteiger partial charge in [-0.25, -0.2) is 4.98 Å². The number of aromatic nitrogens is 1. The first-order valence-electron chi connectivity index (χ1n) is 7.70. The Balaban J connectivity index is 1.73. The third kappa shape index (κ3) is 3.72. The maximum absolute atomic E-state index is 12.5. The Hall–Kier alpha value is -2.42. The zero-order chi connectivity index (χ0) is 19.1. The summed E-state index contributed by atoms with van der Waals surface area (Å²) in [5.74, 6) is -0.0928. The first kappa shape index (κ1) is 18.4. The van der Waals surface area contributed by atoms with Gasteiger partial charge in [-0.05, 0) is 19.1 Å². The fourth-order valence-electron chi connectivity index (χ4n) is 2.91. The zero-order valence-electron chi connectivity index (χ0n) is 14.0. The molecule has 0 fully saturated rings. The maximum atomic E-state index is 12.5. The number of fused-ring (bicyclic) bond motifs is 1. The summed E-state index contributed by atoms with van der Waals surface area (Å²) in [5.41, 5.74) is 5.28. The molecule has 2 aliphatic heterocycles. The summed E-state index contributed by atoms with van der Waals surface area (Å²) < 4.78 is 41.9. The number of amides is 1. The van der Waals surface area contributed by atoms with E-state index in [0.717, 1.165) is 0 Å². The van der Waals surface area contributed by atoms with Gasteiger partial charge in [-0.2, -0.15) is 13.2 Å². The predicted octanol–water partition coefficient (Wildman–Crippen LogP) is 2.84. The molecule has 10 heteroatoms. The van der Waals surface area contributed by atoms with Crippen molar-refractivity contribution in [1.82, 2.24) is 20.3 Å². The van der Waals surface area contributed by atoms with Crippen molar-refractivity contribution in [2.24, 2.45) is 0 Å². The molecule has 0 spiro atoms. The molecule has 2 aliphatic rings. The Bertz CT molecular complexity index is 807. The van der Waals surface area contributed by atoms with Crippen molar-refractivity contribution in [3.05, 3.63) is 51.8 Å². The van der Waals surface area contributed by atoms with E-state index in [4.69, 9.17) is 16.3 Å². The van der Waals surface area contributed by atoms with Crippen molar-refractivity contribution in [3.8, 4) is 0 Å². The van der Waals surface area contributed by atoms with E-state index in [0.29, 0.717) is 34.1 Å². The minimum atomic E-state index is -4.42. The largest absolute Gasteiger partial charge is 0.468 e. The molecule has 0 radical (unpaired) electrons. The molecule has 1 aromatic rings. The number of nitrogens with zero attached hydrogens (tertiary/aromatic N) is 3. The van der Waals surface area contributed by atoms with Crippen LogP contribution in [0.1, 0.15) is 22.8 Å². The number of ether oxygens (including phenoxy) is 1. The number of hydrazine groups is 1. The van der Waals surface area contributed by atoms with Crippen LogP contribution in [-0.4, -0.2) is 47.2 Å².